The number of ether oxygens (including phenoxy) is 1. The van der Waals surface area contributed by atoms with Crippen LogP contribution in [0.4, 0.5) is 0 Å². The van der Waals surface area contributed by atoms with Crippen molar-refractivity contribution in [2.75, 3.05) is 7.11 Å². The van der Waals surface area contributed by atoms with Crippen LogP contribution in [-0.4, -0.2) is 28.9 Å². The molecule has 1 rings (SSSR count). The fraction of sp³-hybridized carbons (Fsp3) is 0.714. The third-order valence-corrected chi connectivity index (χ3v) is 3.12. The molecule has 0 aliphatic carbocycles. The van der Waals surface area contributed by atoms with E-state index in [1.807, 2.05) is 31.8 Å². The minimum absolute atomic E-state index is 0.187. The highest BCUT2D eigenvalue weighted by atomic mass is 16.5. The van der Waals surface area contributed by atoms with Gasteiger partial charge in [0.25, 0.3) is 0 Å². The molecule has 108 valence electrons. The lowest BCUT2D eigenvalue weighted by atomic mass is 10.0. The van der Waals surface area contributed by atoms with E-state index in [-0.39, 0.29) is 17.9 Å². The van der Waals surface area contributed by atoms with Gasteiger partial charge >= 0.3 is 5.97 Å². The summed E-state index contributed by atoms with van der Waals surface area (Å²) in [7, 11) is 3.33. The highest BCUT2D eigenvalue weighted by Crippen LogP contribution is 2.17. The van der Waals surface area contributed by atoms with Gasteiger partial charge in [0.05, 0.1) is 12.8 Å². The molecule has 1 aromatic heterocycles. The van der Waals surface area contributed by atoms with E-state index in [0.29, 0.717) is 12.5 Å². The number of rotatable bonds is 6. The Morgan fingerprint density at radius 2 is 2.05 bits per heavy atom. The number of esters is 1. The number of aryl methyl sites for hydroxylation is 1. The molecular weight excluding hydrogens is 242 g/mol. The second kappa shape index (κ2) is 6.70. The summed E-state index contributed by atoms with van der Waals surface area (Å²) in [6, 6.07) is -0.287. The number of hydrogen-bond donors (Lipinski definition) is 1. The Morgan fingerprint density at radius 1 is 1.42 bits per heavy atom. The van der Waals surface area contributed by atoms with E-state index in [1.54, 1.807) is 0 Å². The monoisotopic (exact) mass is 267 g/mol. The zero-order chi connectivity index (χ0) is 14.6. The Kier molecular flexibility index (Phi) is 5.54. The lowest BCUT2D eigenvalue weighted by Gasteiger charge is -2.20. The zero-order valence-electron chi connectivity index (χ0n) is 12.7. The van der Waals surface area contributed by atoms with E-state index >= 15 is 0 Å². The van der Waals surface area contributed by atoms with Crippen LogP contribution in [-0.2, 0) is 23.1 Å². The molecule has 5 nitrogen and oxygen atoms in total. The molecule has 0 bridgehead atoms. The topological polar surface area (TPSA) is 56.1 Å². The first-order valence-electron chi connectivity index (χ1n) is 6.70. The number of carbonyl (C=O) groups excluding carboxylic acids is 1. The van der Waals surface area contributed by atoms with E-state index in [0.717, 1.165) is 11.3 Å². The van der Waals surface area contributed by atoms with Gasteiger partial charge in [0.2, 0.25) is 0 Å². The molecule has 0 radical (unpaired) electrons. The molecule has 1 aromatic rings. The van der Waals surface area contributed by atoms with Crippen molar-refractivity contribution in [1.29, 1.82) is 0 Å². The van der Waals surface area contributed by atoms with Gasteiger partial charge in [-0.1, -0.05) is 27.7 Å². The van der Waals surface area contributed by atoms with Crippen LogP contribution in [0.25, 0.3) is 0 Å². The second-order valence-electron chi connectivity index (χ2n) is 5.49. The molecule has 0 fully saturated rings. The molecule has 0 unspecified atom stereocenters. The Labute approximate surface area is 115 Å². The summed E-state index contributed by atoms with van der Waals surface area (Å²) in [5.74, 6) is 0.338. The predicted octanol–water partition coefficient (Wildman–Crippen LogP) is 1.83. The summed E-state index contributed by atoms with van der Waals surface area (Å²) in [6.07, 6.45) is 2.00. The fourth-order valence-electron chi connectivity index (χ4n) is 2.12. The Morgan fingerprint density at radius 3 is 2.53 bits per heavy atom. The van der Waals surface area contributed by atoms with Crippen LogP contribution in [0, 0.1) is 5.92 Å². The summed E-state index contributed by atoms with van der Waals surface area (Å²) >= 11 is 0. The van der Waals surface area contributed by atoms with Crippen LogP contribution in [0.5, 0.6) is 0 Å². The van der Waals surface area contributed by atoms with E-state index in [4.69, 9.17) is 4.74 Å². The molecule has 1 N–H and O–H groups in total. The van der Waals surface area contributed by atoms with E-state index in [1.165, 1.54) is 7.11 Å². The highest BCUT2D eigenvalue weighted by Gasteiger charge is 2.23. The van der Waals surface area contributed by atoms with Gasteiger partial charge in [-0.2, -0.15) is 5.10 Å². The lowest BCUT2D eigenvalue weighted by Crippen LogP contribution is -2.41. The maximum absolute atomic E-state index is 11.7. The molecule has 0 aliphatic heterocycles. The van der Waals surface area contributed by atoms with Crippen LogP contribution in [0.3, 0.4) is 0 Å². The quantitative estimate of drug-likeness (QED) is 0.799. The molecule has 5 heteroatoms. The van der Waals surface area contributed by atoms with Crippen molar-refractivity contribution >= 4 is 5.97 Å². The minimum Gasteiger partial charge on any atom is -0.468 e. The average Bonchev–Trinajstić information content (AvgIpc) is 2.70. The van der Waals surface area contributed by atoms with Crippen LogP contribution in [0.15, 0.2) is 6.20 Å². The predicted molar refractivity (Wildman–Crippen MR) is 74.8 cm³/mol. The van der Waals surface area contributed by atoms with E-state index in [9.17, 15) is 4.79 Å². The van der Waals surface area contributed by atoms with Gasteiger partial charge in [-0.05, 0) is 11.8 Å². The van der Waals surface area contributed by atoms with Gasteiger partial charge in [0, 0.05) is 25.4 Å². The second-order valence-corrected chi connectivity index (χ2v) is 5.49. The number of nitrogens with zero attached hydrogens (tertiary/aromatic N) is 2. The molecule has 0 aliphatic rings. The van der Waals surface area contributed by atoms with Crippen molar-refractivity contribution in [3.63, 3.8) is 0 Å². The standard InChI is InChI=1S/C14H25N3O2/c1-9(2)12-11(8-17(5)16-12)7-15-13(10(3)4)14(18)19-6/h8-10,13,15H,7H2,1-6H3/t13-/m0/s1. The van der Waals surface area contributed by atoms with E-state index in [2.05, 4.69) is 24.3 Å². The normalized spacial score (nSPS) is 13.1. The maximum atomic E-state index is 11.7. The van der Waals surface area contributed by atoms with Gasteiger partial charge in [-0.25, -0.2) is 0 Å². The van der Waals surface area contributed by atoms with Gasteiger partial charge < -0.3 is 4.74 Å². The molecule has 0 amide bonds. The summed E-state index contributed by atoms with van der Waals surface area (Å²) in [5.41, 5.74) is 2.20. The SMILES string of the molecule is COC(=O)[C@@H](NCc1cn(C)nc1C(C)C)C(C)C. The molecule has 1 atom stereocenters. The van der Waals surface area contributed by atoms with Crippen molar-refractivity contribution in [2.45, 2.75) is 46.2 Å². The molecule has 0 saturated heterocycles. The molecule has 0 saturated carbocycles. The van der Waals surface area contributed by atoms with Crippen LogP contribution in [0.2, 0.25) is 0 Å². The number of carbonyl (C=O) groups is 1. The highest BCUT2D eigenvalue weighted by molar-refractivity contribution is 5.75. The zero-order valence-corrected chi connectivity index (χ0v) is 12.7. The van der Waals surface area contributed by atoms with Gasteiger partial charge in [0.15, 0.2) is 0 Å². The Hall–Kier alpha value is -1.36. The largest absolute Gasteiger partial charge is 0.468 e. The van der Waals surface area contributed by atoms with Crippen LogP contribution < -0.4 is 5.32 Å². The van der Waals surface area contributed by atoms with Crippen LogP contribution in [0.1, 0.15) is 44.9 Å². The first kappa shape index (κ1) is 15.7. The Balaban J connectivity index is 2.77. The van der Waals surface area contributed by atoms with Crippen molar-refractivity contribution in [3.05, 3.63) is 17.5 Å². The fourth-order valence-corrected chi connectivity index (χ4v) is 2.12. The summed E-state index contributed by atoms with van der Waals surface area (Å²) < 4.78 is 6.64. The smallest absolute Gasteiger partial charge is 0.323 e. The van der Waals surface area contributed by atoms with Crippen molar-refractivity contribution in [3.8, 4) is 0 Å². The molecular formula is C14H25N3O2. The van der Waals surface area contributed by atoms with Crippen molar-refractivity contribution in [2.24, 2.45) is 13.0 Å². The molecule has 0 spiro atoms. The van der Waals surface area contributed by atoms with Gasteiger partial charge in [-0.3, -0.25) is 14.8 Å². The number of nitrogens with one attached hydrogen (secondary N) is 1. The first-order valence-corrected chi connectivity index (χ1v) is 6.70. The van der Waals surface area contributed by atoms with Crippen LogP contribution >= 0.6 is 0 Å². The summed E-state index contributed by atoms with van der Waals surface area (Å²) in [4.78, 5) is 11.7. The molecule has 0 aromatic carbocycles. The average molecular weight is 267 g/mol. The summed E-state index contributed by atoms with van der Waals surface area (Å²) in [6.45, 7) is 8.86. The molecule has 19 heavy (non-hydrogen) atoms. The number of aromatic nitrogens is 2. The van der Waals surface area contributed by atoms with Crippen molar-refractivity contribution < 1.29 is 9.53 Å². The molecule has 1 heterocycles. The maximum Gasteiger partial charge on any atom is 0.323 e. The van der Waals surface area contributed by atoms with Crippen molar-refractivity contribution in [1.82, 2.24) is 15.1 Å². The number of hydrogen-bond acceptors (Lipinski definition) is 4. The Bertz CT molecular complexity index is 424. The third-order valence-electron chi connectivity index (χ3n) is 3.12. The van der Waals surface area contributed by atoms with Gasteiger partial charge in [0.1, 0.15) is 6.04 Å². The van der Waals surface area contributed by atoms with Gasteiger partial charge in [-0.15, -0.1) is 0 Å². The first-order chi connectivity index (χ1) is 8.86. The van der Waals surface area contributed by atoms with E-state index < -0.39 is 0 Å². The minimum atomic E-state index is -0.287. The lowest BCUT2D eigenvalue weighted by molar-refractivity contribution is -0.144. The number of methoxy groups -OCH3 is 1. The third kappa shape index (κ3) is 4.06. The summed E-state index contributed by atoms with van der Waals surface area (Å²) in [5, 5.41) is 7.73.